The first-order chi connectivity index (χ1) is 32.1. The summed E-state index contributed by atoms with van der Waals surface area (Å²) in [6.45, 7) is 63.3. The van der Waals surface area contributed by atoms with Crippen molar-refractivity contribution in [2.45, 2.75) is 111 Å². The monoisotopic (exact) mass is 1270 g/mol. The molecule has 71 heavy (non-hydrogen) atoms. The van der Waals surface area contributed by atoms with Gasteiger partial charge in [-0.3, -0.25) is 0 Å². The van der Waals surface area contributed by atoms with Gasteiger partial charge in [-0.05, 0) is 105 Å². The third-order valence-electron chi connectivity index (χ3n) is 10.9. The fourth-order valence-corrected chi connectivity index (χ4v) is 68.8. The van der Waals surface area contributed by atoms with E-state index in [-0.39, 0.29) is 12.7 Å². The molecule has 20 nitrogen and oxygen atoms in total. The van der Waals surface area contributed by atoms with E-state index in [1.807, 2.05) is 105 Å². The Morgan fingerprint density at radius 1 is 0.324 bits per heavy atom. The lowest BCUT2D eigenvalue weighted by Crippen LogP contribution is -2.88. The summed E-state index contributed by atoms with van der Waals surface area (Å²) in [6, 6.07) is -0.161. The molecule has 6 rings (SSSR count). The Kier molecular flexibility index (Phi) is 18.5. The summed E-state index contributed by atoms with van der Waals surface area (Å²) in [7, 11) is -66.4. The van der Waals surface area contributed by atoms with Crippen LogP contribution < -0.4 is 0 Å². The van der Waals surface area contributed by atoms with Gasteiger partial charge < -0.3 is 82.9 Å². The molecule has 36 heteroatoms. The highest BCUT2D eigenvalue weighted by Gasteiger charge is 2.89. The molecule has 0 radical (unpaired) electrons. The molecule has 0 aromatic heterocycles. The van der Waals surface area contributed by atoms with Crippen molar-refractivity contribution in [3.05, 3.63) is 98.2 Å². The van der Waals surface area contributed by atoms with E-state index in [0.29, 0.717) is 0 Å². The number of hydrogen-bond acceptors (Lipinski definition) is 20. The average Bonchev–Trinajstić information content (AvgIpc) is 3.26. The normalized spacial score (nSPS) is 34.9. The minimum Gasteiger partial charge on any atom is -0.414 e. The van der Waals surface area contributed by atoms with Crippen molar-refractivity contribution in [3.8, 4) is 0 Å². The SMILES string of the molecule is C=C[Si](C)(C)OCC[Si]12O[Si]3(O[Si](C)(C)C=C)O[Si]4(O[Si](C)(C)C=C)CO[Si]5(O[Si](C)(C)C=C)O[Si](O[Si](C)(C)C=C)(O3)O[Si](O[Si](C)(C)C=C)(O1)O[Si](O[Si](C)(C)C=C)(O[Si](O[Si](C)(C)C=C)(O4)O2)O5. The Morgan fingerprint density at radius 2 is 0.563 bits per heavy atom. The van der Waals surface area contributed by atoms with Crippen molar-refractivity contribution in [3.63, 3.8) is 0 Å². The maximum atomic E-state index is 7.65. The van der Waals surface area contributed by atoms with E-state index >= 15 is 0 Å². The fourth-order valence-electron chi connectivity index (χ4n) is 6.31. The summed E-state index contributed by atoms with van der Waals surface area (Å²) in [6.07, 6.45) is -0.584. The van der Waals surface area contributed by atoms with Gasteiger partial charge in [-0.2, -0.15) is 0 Å². The smallest absolute Gasteiger partial charge is 0.414 e. The van der Waals surface area contributed by atoms with Gasteiger partial charge in [-0.25, -0.2) is 0 Å². The minimum absolute atomic E-state index is 0.0363. The standard InChI is InChI=1S/C35H78O20Si16/c1-25-56(9,10)36-33-34-64-45-67(40-59(15,16)28-4)48-65(38-57(11,12)26-2)35-37-66(39-58(13,14)27-3)50-70(52-67,43-62(21,22)31-7)54-69(47-64,42-61(19,20)30-6)55-71(51-66,44-63(23,24)32-8)53-68(46-64,49-65)41-60(17,18)29-5/h25-32H,1-8,33-35H2,9-24H3. The summed E-state index contributed by atoms with van der Waals surface area (Å²) in [5, 5.41) is 0. The van der Waals surface area contributed by atoms with Crippen LogP contribution in [0.4, 0.5) is 0 Å². The van der Waals surface area contributed by atoms with Crippen LogP contribution in [0.5, 0.6) is 0 Å². The van der Waals surface area contributed by atoms with Crippen LogP contribution in [0.1, 0.15) is 0 Å². The third-order valence-corrected chi connectivity index (χ3v) is 67.0. The molecule has 0 spiro atoms. The van der Waals surface area contributed by atoms with Crippen molar-refractivity contribution < 1.29 is 82.9 Å². The number of rotatable bonds is 26. The highest BCUT2D eigenvalue weighted by atomic mass is 28.7. The Hall–Kier alpha value is 0.590. The van der Waals surface area contributed by atoms with Gasteiger partial charge >= 0.3 is 71.9 Å². The van der Waals surface area contributed by atoms with Gasteiger partial charge in [0.25, 0.3) is 0 Å². The Balaban J connectivity index is 2.16. The summed E-state index contributed by atoms with van der Waals surface area (Å²) < 4.78 is 148. The molecule has 0 aromatic rings. The quantitative estimate of drug-likeness (QED) is 0.0762. The maximum absolute atomic E-state index is 7.65. The van der Waals surface area contributed by atoms with Crippen LogP contribution in [0.25, 0.3) is 0 Å². The predicted octanol–water partition coefficient (Wildman–Crippen LogP) is 7.86. The topological polar surface area (TPSA) is 185 Å². The molecule has 0 aromatic carbocycles. The van der Waals surface area contributed by atoms with E-state index in [2.05, 4.69) is 52.6 Å². The van der Waals surface area contributed by atoms with Crippen LogP contribution in [0, 0.1) is 0 Å². The zero-order chi connectivity index (χ0) is 53.9. The molecule has 0 N–H and O–H groups in total. The molecule has 6 heterocycles. The van der Waals surface area contributed by atoms with E-state index < -0.39 is 145 Å². The first kappa shape index (κ1) is 62.4. The lowest BCUT2D eigenvalue weighted by atomic mass is 10.9. The molecule has 4 unspecified atom stereocenters. The van der Waals surface area contributed by atoms with Crippen molar-refractivity contribution in [2.24, 2.45) is 0 Å². The molecule has 0 aliphatic carbocycles. The number of hydrogen-bond donors (Lipinski definition) is 0. The lowest BCUT2D eigenvalue weighted by molar-refractivity contribution is -0.0847. The second kappa shape index (κ2) is 21.0. The number of fused-ring (bicyclic) bond motifs is 1. The van der Waals surface area contributed by atoms with Crippen molar-refractivity contribution in [1.82, 2.24) is 0 Å². The van der Waals surface area contributed by atoms with E-state index in [1.165, 1.54) is 0 Å². The zero-order valence-electron chi connectivity index (χ0n) is 44.6. The van der Waals surface area contributed by atoms with Crippen LogP contribution in [0.15, 0.2) is 98.2 Å². The third kappa shape index (κ3) is 15.2. The van der Waals surface area contributed by atoms with Crippen molar-refractivity contribution in [1.29, 1.82) is 0 Å². The predicted molar refractivity (Wildman–Crippen MR) is 304 cm³/mol. The highest BCUT2D eigenvalue weighted by molar-refractivity contribution is 7.04. The van der Waals surface area contributed by atoms with Gasteiger partial charge in [0.1, 0.15) is 6.23 Å². The average molecular weight is 1270 g/mol. The molecule has 6 saturated heterocycles. The molecule has 6 fully saturated rings. The van der Waals surface area contributed by atoms with E-state index in [0.717, 1.165) is 0 Å². The van der Waals surface area contributed by atoms with Crippen LogP contribution in [0.3, 0.4) is 0 Å². The molecule has 402 valence electrons. The van der Waals surface area contributed by atoms with Gasteiger partial charge in [0, 0.05) is 12.7 Å². The summed E-state index contributed by atoms with van der Waals surface area (Å²) >= 11 is 0. The Morgan fingerprint density at radius 3 is 0.859 bits per heavy atom. The lowest BCUT2D eigenvalue weighted by Gasteiger charge is -2.58. The fraction of sp³-hybridized carbons (Fsp3) is 0.543. The van der Waals surface area contributed by atoms with Gasteiger partial charge in [-0.15, -0.1) is 52.6 Å². The van der Waals surface area contributed by atoms with E-state index in [9.17, 15) is 0 Å². The van der Waals surface area contributed by atoms with E-state index in [1.54, 1.807) is 45.6 Å². The van der Waals surface area contributed by atoms with Crippen LogP contribution >= 0.6 is 0 Å². The van der Waals surface area contributed by atoms with Gasteiger partial charge in [0.15, 0.2) is 0 Å². The first-order valence-corrected chi connectivity index (χ1v) is 60.7. The molecule has 6 aliphatic rings. The molecular formula is C35H78O20Si16. The maximum Gasteiger partial charge on any atom is 0.657 e. The van der Waals surface area contributed by atoms with Crippen molar-refractivity contribution in [2.75, 3.05) is 12.8 Å². The Bertz CT molecular complexity index is 2020. The van der Waals surface area contributed by atoms with E-state index in [4.69, 9.17) is 82.9 Å². The molecule has 0 amide bonds. The first-order valence-electron chi connectivity index (χ1n) is 23.1. The van der Waals surface area contributed by atoms with Crippen LogP contribution in [-0.2, 0) is 82.9 Å². The zero-order valence-corrected chi connectivity index (χ0v) is 60.6. The van der Waals surface area contributed by atoms with Gasteiger partial charge in [-0.1, -0.05) is 45.6 Å². The molecule has 6 aliphatic heterocycles. The van der Waals surface area contributed by atoms with Crippen LogP contribution in [-0.4, -0.2) is 151 Å². The molecular weight excluding hydrogens is 1190 g/mol. The summed E-state index contributed by atoms with van der Waals surface area (Å²) in [5.74, 6) is 0. The minimum atomic E-state index is -5.34. The largest absolute Gasteiger partial charge is 0.657 e. The summed E-state index contributed by atoms with van der Waals surface area (Å²) in [5.41, 5.74) is 13.6. The highest BCUT2D eigenvalue weighted by Crippen LogP contribution is 2.52. The Labute approximate surface area is 440 Å². The molecule has 8 bridgehead atoms. The van der Waals surface area contributed by atoms with Gasteiger partial charge in [0.05, 0.1) is 0 Å². The molecule has 0 saturated carbocycles. The van der Waals surface area contributed by atoms with Crippen molar-refractivity contribution >= 4 is 138 Å². The summed E-state index contributed by atoms with van der Waals surface area (Å²) in [4.78, 5) is 0. The molecule has 4 atom stereocenters. The second-order valence-electron chi connectivity index (χ2n) is 21.6. The van der Waals surface area contributed by atoms with Crippen LogP contribution in [0.2, 0.25) is 111 Å². The second-order valence-corrected chi connectivity index (χ2v) is 75.3. The van der Waals surface area contributed by atoms with Gasteiger partial charge in [0.2, 0.25) is 66.5 Å².